The molecule has 0 aromatic heterocycles. The molecule has 0 radical (unpaired) electrons. The van der Waals surface area contributed by atoms with Crippen LogP contribution in [0.15, 0.2) is 29.2 Å². The number of ketones is 1. The van der Waals surface area contributed by atoms with E-state index in [0.29, 0.717) is 17.5 Å². The van der Waals surface area contributed by atoms with Crippen LogP contribution in [0.25, 0.3) is 0 Å². The van der Waals surface area contributed by atoms with Crippen LogP contribution in [0, 0.1) is 5.92 Å². The standard InChI is InChI=1S/C14H18O2S/c1-16-12-6-8-13(9-7-12)17-10-14(15)11-4-2-3-5-11/h6-9,11H,2-5,10H2,1H3. The SMILES string of the molecule is COc1ccc(SCC(=O)C2CCCC2)cc1. The zero-order valence-electron chi connectivity index (χ0n) is 10.1. The van der Waals surface area contributed by atoms with Gasteiger partial charge in [0.25, 0.3) is 0 Å². The molecule has 0 heterocycles. The first-order valence-electron chi connectivity index (χ1n) is 6.09. The van der Waals surface area contributed by atoms with Crippen LogP contribution in [0.3, 0.4) is 0 Å². The number of benzene rings is 1. The fourth-order valence-electron chi connectivity index (χ4n) is 2.19. The molecule has 3 heteroatoms. The van der Waals surface area contributed by atoms with Gasteiger partial charge in [-0.05, 0) is 37.1 Å². The Labute approximate surface area is 107 Å². The Morgan fingerprint density at radius 1 is 1.29 bits per heavy atom. The molecule has 1 fully saturated rings. The molecule has 2 rings (SSSR count). The van der Waals surface area contributed by atoms with Crippen LogP contribution in [-0.4, -0.2) is 18.6 Å². The summed E-state index contributed by atoms with van der Waals surface area (Å²) >= 11 is 1.63. The summed E-state index contributed by atoms with van der Waals surface area (Å²) in [5, 5.41) is 0. The maximum atomic E-state index is 11.9. The van der Waals surface area contributed by atoms with E-state index in [1.165, 1.54) is 12.8 Å². The molecule has 1 saturated carbocycles. The van der Waals surface area contributed by atoms with Gasteiger partial charge in [0.2, 0.25) is 0 Å². The first-order valence-corrected chi connectivity index (χ1v) is 7.07. The van der Waals surface area contributed by atoms with Crippen LogP contribution in [0.5, 0.6) is 5.75 Å². The molecule has 2 nitrogen and oxygen atoms in total. The molecule has 1 aliphatic rings. The highest BCUT2D eigenvalue weighted by molar-refractivity contribution is 8.00. The number of rotatable bonds is 5. The molecule has 17 heavy (non-hydrogen) atoms. The number of carbonyl (C=O) groups excluding carboxylic acids is 1. The molecule has 0 N–H and O–H groups in total. The van der Waals surface area contributed by atoms with Gasteiger partial charge in [-0.2, -0.15) is 0 Å². The van der Waals surface area contributed by atoms with Crippen LogP contribution in [0.4, 0.5) is 0 Å². The van der Waals surface area contributed by atoms with Gasteiger partial charge in [0.1, 0.15) is 11.5 Å². The summed E-state index contributed by atoms with van der Waals surface area (Å²) in [5.41, 5.74) is 0. The van der Waals surface area contributed by atoms with E-state index >= 15 is 0 Å². The Bertz CT molecular complexity index is 366. The first-order chi connectivity index (χ1) is 8.29. The number of hydrogen-bond acceptors (Lipinski definition) is 3. The quantitative estimate of drug-likeness (QED) is 0.748. The number of carbonyl (C=O) groups is 1. The second-order valence-corrected chi connectivity index (χ2v) is 5.46. The summed E-state index contributed by atoms with van der Waals surface area (Å²) in [6, 6.07) is 7.88. The highest BCUT2D eigenvalue weighted by Crippen LogP contribution is 2.28. The number of thioether (sulfide) groups is 1. The zero-order chi connectivity index (χ0) is 12.1. The monoisotopic (exact) mass is 250 g/mol. The van der Waals surface area contributed by atoms with Gasteiger partial charge in [-0.15, -0.1) is 11.8 Å². The minimum atomic E-state index is 0.334. The molecule has 1 aromatic rings. The average molecular weight is 250 g/mol. The highest BCUT2D eigenvalue weighted by Gasteiger charge is 2.22. The van der Waals surface area contributed by atoms with Crippen molar-refractivity contribution in [2.75, 3.05) is 12.9 Å². The van der Waals surface area contributed by atoms with E-state index in [9.17, 15) is 4.79 Å². The average Bonchev–Trinajstić information content (AvgIpc) is 2.90. The minimum Gasteiger partial charge on any atom is -0.497 e. The molecule has 0 bridgehead atoms. The summed E-state index contributed by atoms with van der Waals surface area (Å²) in [5.74, 6) is 2.22. The fraction of sp³-hybridized carbons (Fsp3) is 0.500. The van der Waals surface area contributed by atoms with Gasteiger partial charge < -0.3 is 4.74 Å². The summed E-state index contributed by atoms with van der Waals surface area (Å²) in [6.07, 6.45) is 4.65. The molecule has 0 saturated heterocycles. The van der Waals surface area contributed by atoms with Crippen molar-refractivity contribution in [1.82, 2.24) is 0 Å². The normalized spacial score (nSPS) is 16.1. The first kappa shape index (κ1) is 12.5. The number of hydrogen-bond donors (Lipinski definition) is 0. The zero-order valence-corrected chi connectivity index (χ0v) is 11.0. The maximum absolute atomic E-state index is 11.9. The Morgan fingerprint density at radius 3 is 2.53 bits per heavy atom. The van der Waals surface area contributed by atoms with E-state index in [-0.39, 0.29) is 0 Å². The van der Waals surface area contributed by atoms with Gasteiger partial charge in [0.15, 0.2) is 0 Å². The topological polar surface area (TPSA) is 26.3 Å². The number of Topliss-reactive ketones (excluding diaryl/α,β-unsaturated/α-hetero) is 1. The van der Waals surface area contributed by atoms with Crippen molar-refractivity contribution in [2.24, 2.45) is 5.92 Å². The van der Waals surface area contributed by atoms with Crippen molar-refractivity contribution in [3.8, 4) is 5.75 Å². The minimum absolute atomic E-state index is 0.334. The van der Waals surface area contributed by atoms with E-state index in [0.717, 1.165) is 23.5 Å². The molecule has 0 unspecified atom stereocenters. The van der Waals surface area contributed by atoms with Gasteiger partial charge in [-0.1, -0.05) is 12.8 Å². The second-order valence-electron chi connectivity index (χ2n) is 4.41. The van der Waals surface area contributed by atoms with Crippen molar-refractivity contribution in [3.05, 3.63) is 24.3 Å². The Morgan fingerprint density at radius 2 is 1.94 bits per heavy atom. The van der Waals surface area contributed by atoms with Crippen molar-refractivity contribution < 1.29 is 9.53 Å². The van der Waals surface area contributed by atoms with Gasteiger partial charge in [-0.3, -0.25) is 4.79 Å². The van der Waals surface area contributed by atoms with E-state index in [2.05, 4.69) is 0 Å². The smallest absolute Gasteiger partial charge is 0.146 e. The lowest BCUT2D eigenvalue weighted by Gasteiger charge is -2.07. The lowest BCUT2D eigenvalue weighted by atomic mass is 10.0. The van der Waals surface area contributed by atoms with Gasteiger partial charge in [-0.25, -0.2) is 0 Å². The van der Waals surface area contributed by atoms with E-state index < -0.39 is 0 Å². The highest BCUT2D eigenvalue weighted by atomic mass is 32.2. The molecule has 1 aliphatic carbocycles. The van der Waals surface area contributed by atoms with Crippen LogP contribution in [-0.2, 0) is 4.79 Å². The molecular weight excluding hydrogens is 232 g/mol. The maximum Gasteiger partial charge on any atom is 0.146 e. The lowest BCUT2D eigenvalue weighted by Crippen LogP contribution is -2.12. The summed E-state index contributed by atoms with van der Waals surface area (Å²) in [7, 11) is 1.66. The molecular formula is C14H18O2S. The third-order valence-corrected chi connectivity index (χ3v) is 4.29. The molecule has 1 aromatic carbocycles. The third-order valence-electron chi connectivity index (χ3n) is 3.25. The van der Waals surface area contributed by atoms with Crippen molar-refractivity contribution in [3.63, 3.8) is 0 Å². The van der Waals surface area contributed by atoms with Crippen LogP contribution < -0.4 is 4.74 Å². The third kappa shape index (κ3) is 3.50. The molecule has 0 aliphatic heterocycles. The largest absolute Gasteiger partial charge is 0.497 e. The van der Waals surface area contributed by atoms with Crippen molar-refractivity contribution in [1.29, 1.82) is 0 Å². The van der Waals surface area contributed by atoms with E-state index in [1.807, 2.05) is 24.3 Å². The predicted molar refractivity (Wildman–Crippen MR) is 70.7 cm³/mol. The summed E-state index contributed by atoms with van der Waals surface area (Å²) in [4.78, 5) is 13.0. The Kier molecular flexibility index (Phi) is 4.49. The molecule has 0 atom stereocenters. The van der Waals surface area contributed by atoms with Gasteiger partial charge >= 0.3 is 0 Å². The van der Waals surface area contributed by atoms with Crippen molar-refractivity contribution in [2.45, 2.75) is 30.6 Å². The Hall–Kier alpha value is -0.960. The summed E-state index contributed by atoms with van der Waals surface area (Å²) < 4.78 is 5.10. The number of ether oxygens (including phenoxy) is 1. The van der Waals surface area contributed by atoms with Gasteiger partial charge in [0.05, 0.1) is 12.9 Å². The van der Waals surface area contributed by atoms with Crippen molar-refractivity contribution >= 4 is 17.5 Å². The second kappa shape index (κ2) is 6.10. The van der Waals surface area contributed by atoms with Crippen LogP contribution in [0.1, 0.15) is 25.7 Å². The number of methoxy groups -OCH3 is 1. The molecule has 0 amide bonds. The Balaban J connectivity index is 1.82. The lowest BCUT2D eigenvalue weighted by molar-refractivity contribution is -0.120. The van der Waals surface area contributed by atoms with Gasteiger partial charge in [0, 0.05) is 10.8 Å². The predicted octanol–water partition coefficient (Wildman–Crippen LogP) is 3.55. The summed E-state index contributed by atoms with van der Waals surface area (Å²) in [6.45, 7) is 0. The van der Waals surface area contributed by atoms with E-state index in [4.69, 9.17) is 4.74 Å². The van der Waals surface area contributed by atoms with Crippen LogP contribution >= 0.6 is 11.8 Å². The molecule has 92 valence electrons. The van der Waals surface area contributed by atoms with E-state index in [1.54, 1.807) is 18.9 Å². The molecule has 0 spiro atoms. The fourth-order valence-corrected chi connectivity index (χ4v) is 3.07. The van der Waals surface area contributed by atoms with Crippen LogP contribution in [0.2, 0.25) is 0 Å².